The van der Waals surface area contributed by atoms with Crippen molar-refractivity contribution in [3.63, 3.8) is 0 Å². The standard InChI is InChI=1S/C4H11N3.CH5N/c1-2-3-7-4(5)6;1-2/h2-3H2,1H3,(H4,5,6,7);2H2,1H3. The van der Waals surface area contributed by atoms with E-state index in [1.165, 1.54) is 7.05 Å². The van der Waals surface area contributed by atoms with Crippen LogP contribution < -0.4 is 17.2 Å². The van der Waals surface area contributed by atoms with Gasteiger partial charge >= 0.3 is 0 Å². The maximum Gasteiger partial charge on any atom is 0.185 e. The van der Waals surface area contributed by atoms with E-state index in [1.807, 2.05) is 6.92 Å². The van der Waals surface area contributed by atoms with Gasteiger partial charge in [0.25, 0.3) is 0 Å². The third-order valence-electron chi connectivity index (χ3n) is 0.518. The molecule has 0 aliphatic heterocycles. The highest BCUT2D eigenvalue weighted by atomic mass is 15.0. The van der Waals surface area contributed by atoms with E-state index in [2.05, 4.69) is 10.7 Å². The first kappa shape index (κ1) is 11.1. The number of hydrogen-bond acceptors (Lipinski definition) is 2. The molecule has 0 radical (unpaired) electrons. The van der Waals surface area contributed by atoms with Crippen LogP contribution in [0.2, 0.25) is 0 Å². The molecule has 6 N–H and O–H groups in total. The number of aliphatic imine (C=N–C) groups is 1. The minimum atomic E-state index is 0.182. The summed E-state index contributed by atoms with van der Waals surface area (Å²) in [5.41, 5.74) is 14.5. The molecule has 0 rings (SSSR count). The Hall–Kier alpha value is -0.770. The topological polar surface area (TPSA) is 90.4 Å². The lowest BCUT2D eigenvalue weighted by atomic mass is 10.5. The van der Waals surface area contributed by atoms with E-state index in [0.717, 1.165) is 13.0 Å². The fraction of sp³-hybridized carbons (Fsp3) is 0.800. The number of nitrogens with zero attached hydrogens (tertiary/aromatic N) is 1. The molecule has 0 aromatic rings. The van der Waals surface area contributed by atoms with Gasteiger partial charge in [0.1, 0.15) is 0 Å². The predicted molar refractivity (Wildman–Crippen MR) is 41.1 cm³/mol. The van der Waals surface area contributed by atoms with Crippen LogP contribution in [0.3, 0.4) is 0 Å². The first-order chi connectivity index (χ1) is 4.27. The molecule has 0 bridgehead atoms. The first-order valence-corrected chi connectivity index (χ1v) is 2.90. The zero-order chi connectivity index (χ0) is 7.70. The van der Waals surface area contributed by atoms with Crippen molar-refractivity contribution in [2.24, 2.45) is 22.2 Å². The molecule has 0 aromatic heterocycles. The van der Waals surface area contributed by atoms with Gasteiger partial charge in [-0.15, -0.1) is 0 Å². The van der Waals surface area contributed by atoms with E-state index in [1.54, 1.807) is 0 Å². The molecule has 0 aliphatic carbocycles. The van der Waals surface area contributed by atoms with Gasteiger partial charge in [-0.25, -0.2) is 0 Å². The Labute approximate surface area is 56.1 Å². The van der Waals surface area contributed by atoms with Crippen LogP contribution >= 0.6 is 0 Å². The second-order valence-corrected chi connectivity index (χ2v) is 1.31. The average molecular weight is 132 g/mol. The van der Waals surface area contributed by atoms with Crippen LogP contribution in [0.4, 0.5) is 0 Å². The molecule has 0 aliphatic rings. The van der Waals surface area contributed by atoms with Gasteiger partial charge < -0.3 is 17.2 Å². The van der Waals surface area contributed by atoms with Gasteiger partial charge in [0.05, 0.1) is 0 Å². The molecule has 56 valence electrons. The van der Waals surface area contributed by atoms with Crippen molar-refractivity contribution in [2.75, 3.05) is 13.6 Å². The van der Waals surface area contributed by atoms with Crippen molar-refractivity contribution >= 4 is 5.96 Å². The zero-order valence-electron chi connectivity index (χ0n) is 6.09. The Morgan fingerprint density at radius 3 is 1.89 bits per heavy atom. The van der Waals surface area contributed by atoms with Crippen LogP contribution in [0.1, 0.15) is 13.3 Å². The van der Waals surface area contributed by atoms with Crippen molar-refractivity contribution in [3.8, 4) is 0 Å². The molecule has 0 fully saturated rings. The Kier molecular flexibility index (Phi) is 12.6. The molecule has 0 saturated heterocycles. The average Bonchev–Trinajstić information content (AvgIpc) is 1.88. The Balaban J connectivity index is 0. The molecular formula is C5H16N4. The zero-order valence-corrected chi connectivity index (χ0v) is 6.09. The van der Waals surface area contributed by atoms with Gasteiger partial charge in [0.2, 0.25) is 0 Å². The molecule has 4 heteroatoms. The van der Waals surface area contributed by atoms with Crippen LogP contribution in [-0.4, -0.2) is 19.6 Å². The largest absolute Gasteiger partial charge is 0.370 e. The van der Waals surface area contributed by atoms with E-state index in [4.69, 9.17) is 11.5 Å². The summed E-state index contributed by atoms with van der Waals surface area (Å²) in [7, 11) is 1.50. The van der Waals surface area contributed by atoms with Crippen LogP contribution in [0.25, 0.3) is 0 Å². The summed E-state index contributed by atoms with van der Waals surface area (Å²) in [6, 6.07) is 0. The molecular weight excluding hydrogens is 116 g/mol. The second-order valence-electron chi connectivity index (χ2n) is 1.31. The molecule has 0 unspecified atom stereocenters. The van der Waals surface area contributed by atoms with Crippen LogP contribution in [0.15, 0.2) is 4.99 Å². The molecule has 0 spiro atoms. The fourth-order valence-corrected chi connectivity index (χ4v) is 0.241. The molecule has 0 atom stereocenters. The van der Waals surface area contributed by atoms with E-state index in [9.17, 15) is 0 Å². The highest BCUT2D eigenvalue weighted by Gasteiger charge is 1.74. The van der Waals surface area contributed by atoms with Crippen molar-refractivity contribution in [1.29, 1.82) is 0 Å². The summed E-state index contributed by atoms with van der Waals surface area (Å²) in [5, 5.41) is 0. The van der Waals surface area contributed by atoms with Gasteiger partial charge in [-0.05, 0) is 13.5 Å². The Bertz CT molecular complexity index is 65.4. The lowest BCUT2D eigenvalue weighted by Gasteiger charge is -1.86. The minimum Gasteiger partial charge on any atom is -0.370 e. The summed E-state index contributed by atoms with van der Waals surface area (Å²) in [6.45, 7) is 2.76. The lowest BCUT2D eigenvalue weighted by molar-refractivity contribution is 0.927. The summed E-state index contributed by atoms with van der Waals surface area (Å²) < 4.78 is 0. The van der Waals surface area contributed by atoms with E-state index < -0.39 is 0 Å². The molecule has 0 heterocycles. The molecule has 0 saturated carbocycles. The van der Waals surface area contributed by atoms with Crippen molar-refractivity contribution in [3.05, 3.63) is 0 Å². The molecule has 4 nitrogen and oxygen atoms in total. The number of rotatable bonds is 2. The van der Waals surface area contributed by atoms with E-state index >= 15 is 0 Å². The van der Waals surface area contributed by atoms with E-state index in [0.29, 0.717) is 0 Å². The minimum absolute atomic E-state index is 0.182. The molecule has 0 amide bonds. The molecule has 9 heavy (non-hydrogen) atoms. The summed E-state index contributed by atoms with van der Waals surface area (Å²) >= 11 is 0. The predicted octanol–water partition coefficient (Wildman–Crippen LogP) is -0.755. The first-order valence-electron chi connectivity index (χ1n) is 2.90. The smallest absolute Gasteiger partial charge is 0.185 e. The monoisotopic (exact) mass is 132 g/mol. The summed E-state index contributed by atoms with van der Waals surface area (Å²) in [5.74, 6) is 0.182. The second kappa shape index (κ2) is 10.3. The SMILES string of the molecule is CCCN=C(N)N.CN. The lowest BCUT2D eigenvalue weighted by Crippen LogP contribution is -2.22. The number of guanidine groups is 1. The third-order valence-corrected chi connectivity index (χ3v) is 0.518. The summed E-state index contributed by atoms with van der Waals surface area (Å²) in [6.07, 6.45) is 0.998. The van der Waals surface area contributed by atoms with Crippen LogP contribution in [-0.2, 0) is 0 Å². The van der Waals surface area contributed by atoms with Gasteiger partial charge in [0, 0.05) is 6.54 Å². The fourth-order valence-electron chi connectivity index (χ4n) is 0.241. The van der Waals surface area contributed by atoms with E-state index in [-0.39, 0.29) is 5.96 Å². The Morgan fingerprint density at radius 2 is 1.78 bits per heavy atom. The molecule has 0 aromatic carbocycles. The summed E-state index contributed by atoms with van der Waals surface area (Å²) in [4.78, 5) is 3.72. The van der Waals surface area contributed by atoms with Crippen molar-refractivity contribution < 1.29 is 0 Å². The normalized spacial score (nSPS) is 7.00. The quantitative estimate of drug-likeness (QED) is 0.341. The maximum atomic E-state index is 5.01. The van der Waals surface area contributed by atoms with Gasteiger partial charge in [-0.1, -0.05) is 6.92 Å². The van der Waals surface area contributed by atoms with Gasteiger partial charge in [0.15, 0.2) is 5.96 Å². The van der Waals surface area contributed by atoms with Gasteiger partial charge in [-0.2, -0.15) is 0 Å². The van der Waals surface area contributed by atoms with Crippen LogP contribution in [0.5, 0.6) is 0 Å². The van der Waals surface area contributed by atoms with Crippen molar-refractivity contribution in [1.82, 2.24) is 0 Å². The highest BCUT2D eigenvalue weighted by molar-refractivity contribution is 5.75. The maximum absolute atomic E-state index is 5.01. The third kappa shape index (κ3) is 19.0. The Morgan fingerprint density at radius 1 is 1.33 bits per heavy atom. The highest BCUT2D eigenvalue weighted by Crippen LogP contribution is 1.73. The van der Waals surface area contributed by atoms with Gasteiger partial charge in [-0.3, -0.25) is 4.99 Å². The number of hydrogen-bond donors (Lipinski definition) is 3. The van der Waals surface area contributed by atoms with Crippen LogP contribution in [0, 0.1) is 0 Å². The number of nitrogens with two attached hydrogens (primary N) is 3. The van der Waals surface area contributed by atoms with Crippen molar-refractivity contribution in [2.45, 2.75) is 13.3 Å².